The van der Waals surface area contributed by atoms with Crippen molar-refractivity contribution in [1.29, 1.82) is 0 Å². The zero-order chi connectivity index (χ0) is 19.8. The molecule has 0 radical (unpaired) electrons. The summed E-state index contributed by atoms with van der Waals surface area (Å²) in [4.78, 5) is 34.2. The molecule has 0 aliphatic rings. The first kappa shape index (κ1) is 18.3. The van der Waals surface area contributed by atoms with Crippen molar-refractivity contribution in [2.24, 2.45) is 5.73 Å². The standard InChI is InChI=1S/C16H15N5O5S/c1-9-3-2-4-10(7-9)27(25,26)15-14(21(16(23)24)8-12(17)22)19-11-5-6-18-13(11)20-15/h2-7H,8H2,1H3,(H2,17,22)(H,18,20)(H,23,24). The van der Waals surface area contributed by atoms with Crippen LogP contribution in [0.2, 0.25) is 0 Å². The van der Waals surface area contributed by atoms with E-state index in [2.05, 4.69) is 15.0 Å². The molecule has 11 heteroatoms. The summed E-state index contributed by atoms with van der Waals surface area (Å²) in [6, 6.07) is 7.57. The van der Waals surface area contributed by atoms with Crippen molar-refractivity contribution in [2.75, 3.05) is 11.4 Å². The van der Waals surface area contributed by atoms with E-state index in [1.165, 1.54) is 24.4 Å². The van der Waals surface area contributed by atoms with Crippen LogP contribution < -0.4 is 10.6 Å². The number of carbonyl (C=O) groups excluding carboxylic acids is 1. The Morgan fingerprint density at radius 2 is 2.00 bits per heavy atom. The van der Waals surface area contributed by atoms with Crippen molar-refractivity contribution in [2.45, 2.75) is 16.8 Å². The van der Waals surface area contributed by atoms with Crippen LogP contribution in [-0.2, 0) is 14.6 Å². The molecule has 0 unspecified atom stereocenters. The predicted molar refractivity (Wildman–Crippen MR) is 95.1 cm³/mol. The Balaban J connectivity index is 2.30. The summed E-state index contributed by atoms with van der Waals surface area (Å²) in [7, 11) is -4.23. The molecular weight excluding hydrogens is 374 g/mol. The highest BCUT2D eigenvalue weighted by molar-refractivity contribution is 7.91. The van der Waals surface area contributed by atoms with E-state index in [1.807, 2.05) is 0 Å². The highest BCUT2D eigenvalue weighted by atomic mass is 32.2. The molecule has 0 bridgehead atoms. The number of fused-ring (bicyclic) bond motifs is 1. The molecule has 0 saturated heterocycles. The number of anilines is 1. The summed E-state index contributed by atoms with van der Waals surface area (Å²) in [5.41, 5.74) is 6.20. The number of nitrogens with two attached hydrogens (primary N) is 1. The van der Waals surface area contributed by atoms with Crippen LogP contribution in [0.25, 0.3) is 11.2 Å². The number of benzene rings is 1. The largest absolute Gasteiger partial charge is 0.465 e. The lowest BCUT2D eigenvalue weighted by molar-refractivity contribution is -0.116. The van der Waals surface area contributed by atoms with E-state index < -0.39 is 39.2 Å². The molecule has 2 heterocycles. The highest BCUT2D eigenvalue weighted by Gasteiger charge is 2.31. The number of hydrogen-bond acceptors (Lipinski definition) is 6. The van der Waals surface area contributed by atoms with Gasteiger partial charge < -0.3 is 15.8 Å². The fraction of sp³-hybridized carbons (Fsp3) is 0.125. The fourth-order valence-electron chi connectivity index (χ4n) is 2.48. The van der Waals surface area contributed by atoms with Gasteiger partial charge in [-0.05, 0) is 30.7 Å². The first-order valence-corrected chi connectivity index (χ1v) is 9.14. The fourth-order valence-corrected chi connectivity index (χ4v) is 3.91. The first-order chi connectivity index (χ1) is 12.7. The molecule has 140 valence electrons. The number of rotatable bonds is 5. The minimum atomic E-state index is -4.23. The number of H-pyrrole nitrogens is 1. The second-order valence-corrected chi connectivity index (χ2v) is 7.58. The number of aryl methyl sites for hydroxylation is 1. The van der Waals surface area contributed by atoms with Crippen LogP contribution >= 0.6 is 0 Å². The van der Waals surface area contributed by atoms with Gasteiger partial charge in [-0.1, -0.05) is 12.1 Å². The van der Waals surface area contributed by atoms with Gasteiger partial charge in [0.2, 0.25) is 20.8 Å². The Hall–Kier alpha value is -3.47. The number of carboxylic acid groups (broad SMARTS) is 1. The molecule has 4 N–H and O–H groups in total. The van der Waals surface area contributed by atoms with Crippen molar-refractivity contribution < 1.29 is 23.1 Å². The molecule has 0 fully saturated rings. The van der Waals surface area contributed by atoms with Crippen LogP contribution in [0.5, 0.6) is 0 Å². The van der Waals surface area contributed by atoms with Gasteiger partial charge >= 0.3 is 6.09 Å². The molecule has 3 rings (SSSR count). The van der Waals surface area contributed by atoms with Gasteiger partial charge in [0.05, 0.1) is 4.90 Å². The topological polar surface area (TPSA) is 159 Å². The third-order valence-corrected chi connectivity index (χ3v) is 5.35. The van der Waals surface area contributed by atoms with E-state index in [0.29, 0.717) is 10.5 Å². The van der Waals surface area contributed by atoms with Crippen LogP contribution in [0.4, 0.5) is 10.6 Å². The quantitative estimate of drug-likeness (QED) is 0.588. The lowest BCUT2D eigenvalue weighted by atomic mass is 10.2. The molecule has 0 atom stereocenters. The Labute approximate surface area is 153 Å². The Morgan fingerprint density at radius 3 is 2.63 bits per heavy atom. The number of amides is 2. The smallest absolute Gasteiger partial charge is 0.413 e. The Bertz CT molecular complexity index is 1150. The lowest BCUT2D eigenvalue weighted by Gasteiger charge is -2.19. The highest BCUT2D eigenvalue weighted by Crippen LogP contribution is 2.29. The van der Waals surface area contributed by atoms with Crippen LogP contribution in [0.3, 0.4) is 0 Å². The van der Waals surface area contributed by atoms with Crippen molar-refractivity contribution >= 4 is 38.8 Å². The van der Waals surface area contributed by atoms with Crippen molar-refractivity contribution in [3.8, 4) is 0 Å². The van der Waals surface area contributed by atoms with E-state index in [9.17, 15) is 23.1 Å². The van der Waals surface area contributed by atoms with Crippen molar-refractivity contribution in [3.63, 3.8) is 0 Å². The van der Waals surface area contributed by atoms with Crippen LogP contribution in [0.1, 0.15) is 5.56 Å². The summed E-state index contributed by atoms with van der Waals surface area (Å²) >= 11 is 0. The van der Waals surface area contributed by atoms with Gasteiger partial charge in [-0.25, -0.2) is 28.1 Å². The number of sulfone groups is 1. The van der Waals surface area contributed by atoms with E-state index in [-0.39, 0.29) is 16.1 Å². The second-order valence-electron chi connectivity index (χ2n) is 5.72. The summed E-state index contributed by atoms with van der Waals surface area (Å²) < 4.78 is 26.3. The molecular formula is C16H15N5O5S. The summed E-state index contributed by atoms with van der Waals surface area (Å²) in [6.07, 6.45) is -0.102. The molecule has 0 aliphatic heterocycles. The SMILES string of the molecule is Cc1cccc(S(=O)(=O)c2nc3[nH]ccc3nc2N(CC(N)=O)C(=O)O)c1. The lowest BCUT2D eigenvalue weighted by Crippen LogP contribution is -2.39. The number of hydrogen-bond donors (Lipinski definition) is 3. The third-order valence-electron chi connectivity index (χ3n) is 3.69. The van der Waals surface area contributed by atoms with Gasteiger partial charge in [-0.15, -0.1) is 0 Å². The summed E-state index contributed by atoms with van der Waals surface area (Å²) in [6.45, 7) is 0.951. The zero-order valence-electron chi connectivity index (χ0n) is 14.1. The minimum Gasteiger partial charge on any atom is -0.465 e. The van der Waals surface area contributed by atoms with E-state index in [0.717, 1.165) is 0 Å². The number of aromatic amines is 1. The average molecular weight is 389 g/mol. The van der Waals surface area contributed by atoms with Crippen LogP contribution in [0.15, 0.2) is 46.5 Å². The Kier molecular flexibility index (Phi) is 4.54. The van der Waals surface area contributed by atoms with Gasteiger partial charge in [0.1, 0.15) is 12.1 Å². The maximum atomic E-state index is 13.1. The number of nitrogens with zero attached hydrogens (tertiary/aromatic N) is 3. The minimum absolute atomic E-state index is 0.0756. The third kappa shape index (κ3) is 3.44. The van der Waals surface area contributed by atoms with Crippen LogP contribution in [-0.4, -0.2) is 47.0 Å². The normalized spacial score (nSPS) is 11.4. The second kappa shape index (κ2) is 6.68. The summed E-state index contributed by atoms with van der Waals surface area (Å²) in [5.74, 6) is -1.46. The summed E-state index contributed by atoms with van der Waals surface area (Å²) in [5, 5.41) is 8.86. The van der Waals surface area contributed by atoms with E-state index >= 15 is 0 Å². The molecule has 0 saturated carbocycles. The molecule has 0 aliphatic carbocycles. The van der Waals surface area contributed by atoms with Crippen molar-refractivity contribution in [3.05, 3.63) is 42.1 Å². The number of aromatic nitrogens is 3. The number of carbonyl (C=O) groups is 2. The van der Waals surface area contributed by atoms with Crippen LogP contribution in [0, 0.1) is 6.92 Å². The molecule has 2 amide bonds. The van der Waals surface area contributed by atoms with Gasteiger partial charge in [-0.2, -0.15) is 0 Å². The molecule has 1 aromatic carbocycles. The number of nitrogens with one attached hydrogen (secondary N) is 1. The Morgan fingerprint density at radius 1 is 1.26 bits per heavy atom. The molecule has 10 nitrogen and oxygen atoms in total. The molecule has 2 aromatic heterocycles. The maximum Gasteiger partial charge on any atom is 0.413 e. The average Bonchev–Trinajstić information content (AvgIpc) is 3.05. The van der Waals surface area contributed by atoms with Crippen molar-refractivity contribution in [1.82, 2.24) is 15.0 Å². The van der Waals surface area contributed by atoms with E-state index in [4.69, 9.17) is 5.73 Å². The maximum absolute atomic E-state index is 13.1. The molecule has 0 spiro atoms. The monoisotopic (exact) mass is 389 g/mol. The van der Waals surface area contributed by atoms with Gasteiger partial charge in [0.15, 0.2) is 11.5 Å². The molecule has 3 aromatic rings. The number of primary amides is 1. The predicted octanol–water partition coefficient (Wildman–Crippen LogP) is 1.07. The van der Waals surface area contributed by atoms with Gasteiger partial charge in [0.25, 0.3) is 0 Å². The van der Waals surface area contributed by atoms with Gasteiger partial charge in [0, 0.05) is 6.20 Å². The molecule has 27 heavy (non-hydrogen) atoms. The first-order valence-electron chi connectivity index (χ1n) is 7.66. The zero-order valence-corrected chi connectivity index (χ0v) is 14.9. The van der Waals surface area contributed by atoms with E-state index in [1.54, 1.807) is 19.1 Å². The van der Waals surface area contributed by atoms with Gasteiger partial charge in [-0.3, -0.25) is 4.79 Å².